The van der Waals surface area contributed by atoms with Crippen molar-refractivity contribution in [2.24, 2.45) is 5.92 Å². The van der Waals surface area contributed by atoms with Crippen molar-refractivity contribution in [1.82, 2.24) is 5.32 Å². The summed E-state index contributed by atoms with van der Waals surface area (Å²) in [5.41, 5.74) is 0.432. The summed E-state index contributed by atoms with van der Waals surface area (Å²) in [6, 6.07) is 4.98. The largest absolute Gasteiger partial charge is 0.497 e. The number of carbonyl (C=O) groups excluding carboxylic acids is 1. The fourth-order valence-corrected chi connectivity index (χ4v) is 4.10. The van der Waals surface area contributed by atoms with Crippen LogP contribution in [0.3, 0.4) is 0 Å². The van der Waals surface area contributed by atoms with Crippen LogP contribution < -0.4 is 19.1 Å². The van der Waals surface area contributed by atoms with Crippen LogP contribution in [-0.4, -0.2) is 47.9 Å². The highest BCUT2D eigenvalue weighted by Gasteiger charge is 2.21. The molecule has 1 atom stereocenters. The minimum absolute atomic E-state index is 0.0462. The van der Waals surface area contributed by atoms with Crippen molar-refractivity contribution in [1.29, 1.82) is 0 Å². The van der Waals surface area contributed by atoms with Gasteiger partial charge in [0.15, 0.2) is 0 Å². The van der Waals surface area contributed by atoms with Crippen molar-refractivity contribution >= 4 is 21.6 Å². The van der Waals surface area contributed by atoms with Gasteiger partial charge < -0.3 is 14.8 Å². The number of hydrogen-bond acceptors (Lipinski definition) is 5. The van der Waals surface area contributed by atoms with E-state index in [0.29, 0.717) is 36.1 Å². The van der Waals surface area contributed by atoms with Gasteiger partial charge in [0.1, 0.15) is 11.5 Å². The lowest BCUT2D eigenvalue weighted by Crippen LogP contribution is -2.33. The predicted octanol–water partition coefficient (Wildman–Crippen LogP) is 3.58. The SMILES string of the molecule is CCCC[C@@H](CC)CNC(=O)CCCN(c1ccc(OC)cc1OC)S(C)(=O)=O. The Kier molecular flexibility index (Phi) is 10.9. The highest BCUT2D eigenvalue weighted by molar-refractivity contribution is 7.92. The minimum atomic E-state index is -3.53. The molecule has 0 saturated carbocycles. The summed E-state index contributed by atoms with van der Waals surface area (Å²) < 4.78 is 36.4. The van der Waals surface area contributed by atoms with E-state index in [-0.39, 0.29) is 18.9 Å². The van der Waals surface area contributed by atoms with E-state index in [1.54, 1.807) is 18.2 Å². The summed E-state index contributed by atoms with van der Waals surface area (Å²) in [6.07, 6.45) is 6.32. The van der Waals surface area contributed by atoms with Gasteiger partial charge >= 0.3 is 0 Å². The van der Waals surface area contributed by atoms with E-state index in [0.717, 1.165) is 25.5 Å². The molecule has 0 aliphatic rings. The summed E-state index contributed by atoms with van der Waals surface area (Å²) in [4.78, 5) is 12.2. The standard InChI is InChI=1S/C21H36N2O5S/c1-6-8-10-17(7-2)16-22-21(24)11-9-14-23(29(5,25)26)19-13-12-18(27-3)15-20(19)28-4/h12-13,15,17H,6-11,14,16H2,1-5H3,(H,22,24)/t17-/m1/s1. The summed E-state index contributed by atoms with van der Waals surface area (Å²) in [5.74, 6) is 1.43. The van der Waals surface area contributed by atoms with Gasteiger partial charge in [-0.05, 0) is 30.9 Å². The van der Waals surface area contributed by atoms with E-state index in [1.807, 2.05) is 0 Å². The third-order valence-corrected chi connectivity index (χ3v) is 6.13. The van der Waals surface area contributed by atoms with Crippen molar-refractivity contribution in [2.75, 3.05) is 37.9 Å². The Morgan fingerprint density at radius 3 is 2.45 bits per heavy atom. The summed E-state index contributed by atoms with van der Waals surface area (Å²) >= 11 is 0. The molecule has 1 aromatic carbocycles. The van der Waals surface area contributed by atoms with Crippen molar-refractivity contribution in [3.63, 3.8) is 0 Å². The third kappa shape index (κ3) is 8.51. The Hall–Kier alpha value is -1.96. The molecule has 29 heavy (non-hydrogen) atoms. The highest BCUT2D eigenvalue weighted by atomic mass is 32.2. The molecule has 0 radical (unpaired) electrons. The number of rotatable bonds is 14. The second-order valence-corrected chi connectivity index (χ2v) is 9.10. The average molecular weight is 429 g/mol. The molecule has 0 aliphatic heterocycles. The number of sulfonamides is 1. The van der Waals surface area contributed by atoms with E-state index >= 15 is 0 Å². The maximum Gasteiger partial charge on any atom is 0.232 e. The third-order valence-electron chi connectivity index (χ3n) is 4.95. The van der Waals surface area contributed by atoms with Crippen LogP contribution in [0.2, 0.25) is 0 Å². The van der Waals surface area contributed by atoms with Crippen LogP contribution in [0.25, 0.3) is 0 Å². The molecule has 0 saturated heterocycles. The Balaban J connectivity index is 2.69. The van der Waals surface area contributed by atoms with Crippen LogP contribution in [0, 0.1) is 5.92 Å². The molecule has 0 aromatic heterocycles. The van der Waals surface area contributed by atoms with E-state index < -0.39 is 10.0 Å². The molecule has 1 amide bonds. The predicted molar refractivity (Wildman–Crippen MR) is 117 cm³/mol. The molecule has 0 bridgehead atoms. The number of hydrogen-bond donors (Lipinski definition) is 1. The normalized spacial score (nSPS) is 12.3. The molecule has 166 valence electrons. The fourth-order valence-electron chi connectivity index (χ4n) is 3.13. The number of unbranched alkanes of at least 4 members (excludes halogenated alkanes) is 1. The van der Waals surface area contributed by atoms with Crippen LogP contribution in [0.15, 0.2) is 18.2 Å². The molecular weight excluding hydrogens is 392 g/mol. The van der Waals surface area contributed by atoms with E-state index in [2.05, 4.69) is 19.2 Å². The Bertz CT molecular complexity index is 737. The maximum atomic E-state index is 12.3. The Morgan fingerprint density at radius 1 is 1.17 bits per heavy atom. The summed E-state index contributed by atoms with van der Waals surface area (Å²) in [7, 11) is -0.512. The molecule has 0 heterocycles. The molecule has 0 aliphatic carbocycles. The molecule has 0 unspecified atom stereocenters. The Morgan fingerprint density at radius 2 is 1.90 bits per heavy atom. The first-order valence-corrected chi connectivity index (χ1v) is 12.1. The quantitative estimate of drug-likeness (QED) is 0.489. The number of methoxy groups -OCH3 is 2. The van der Waals surface area contributed by atoms with Crippen LogP contribution in [0.4, 0.5) is 5.69 Å². The molecule has 0 fully saturated rings. The molecule has 7 nitrogen and oxygen atoms in total. The van der Waals surface area contributed by atoms with E-state index in [9.17, 15) is 13.2 Å². The average Bonchev–Trinajstić information content (AvgIpc) is 2.70. The van der Waals surface area contributed by atoms with Gasteiger partial charge in [0.05, 0.1) is 26.2 Å². The number of benzene rings is 1. The second kappa shape index (κ2) is 12.6. The second-order valence-electron chi connectivity index (χ2n) is 7.20. The van der Waals surface area contributed by atoms with Crippen molar-refractivity contribution < 1.29 is 22.7 Å². The lowest BCUT2D eigenvalue weighted by atomic mass is 9.99. The lowest BCUT2D eigenvalue weighted by Gasteiger charge is -2.24. The number of nitrogens with one attached hydrogen (secondary N) is 1. The monoisotopic (exact) mass is 428 g/mol. The van der Waals surface area contributed by atoms with Gasteiger partial charge in [-0.15, -0.1) is 0 Å². The van der Waals surface area contributed by atoms with E-state index in [1.165, 1.54) is 24.9 Å². The number of amides is 1. The highest BCUT2D eigenvalue weighted by Crippen LogP contribution is 2.33. The van der Waals surface area contributed by atoms with Crippen molar-refractivity contribution in [3.05, 3.63) is 18.2 Å². The first-order chi connectivity index (χ1) is 13.8. The number of ether oxygens (including phenoxy) is 2. The first kappa shape index (κ1) is 25.1. The maximum absolute atomic E-state index is 12.3. The molecule has 8 heteroatoms. The first-order valence-electron chi connectivity index (χ1n) is 10.2. The van der Waals surface area contributed by atoms with Crippen LogP contribution in [0.1, 0.15) is 52.4 Å². The van der Waals surface area contributed by atoms with Crippen molar-refractivity contribution in [2.45, 2.75) is 52.4 Å². The van der Waals surface area contributed by atoms with Gasteiger partial charge in [-0.25, -0.2) is 8.42 Å². The minimum Gasteiger partial charge on any atom is -0.497 e. The summed E-state index contributed by atoms with van der Waals surface area (Å²) in [5, 5.41) is 2.98. The molecule has 1 rings (SSSR count). The summed E-state index contributed by atoms with van der Waals surface area (Å²) in [6.45, 7) is 5.18. The molecule has 1 N–H and O–H groups in total. The van der Waals surface area contributed by atoms with Gasteiger partial charge in [-0.3, -0.25) is 9.10 Å². The van der Waals surface area contributed by atoms with Crippen LogP contribution >= 0.6 is 0 Å². The zero-order chi connectivity index (χ0) is 21.9. The molecule has 0 spiro atoms. The molecular formula is C21H36N2O5S. The molecule has 1 aromatic rings. The smallest absolute Gasteiger partial charge is 0.232 e. The van der Waals surface area contributed by atoms with Gasteiger partial charge in [0.25, 0.3) is 0 Å². The van der Waals surface area contributed by atoms with E-state index in [4.69, 9.17) is 9.47 Å². The number of carbonyl (C=O) groups is 1. The topological polar surface area (TPSA) is 84.9 Å². The van der Waals surface area contributed by atoms with Gasteiger partial charge in [-0.1, -0.05) is 33.1 Å². The van der Waals surface area contributed by atoms with Gasteiger partial charge in [0.2, 0.25) is 15.9 Å². The zero-order valence-electron chi connectivity index (χ0n) is 18.4. The van der Waals surface area contributed by atoms with Crippen molar-refractivity contribution in [3.8, 4) is 11.5 Å². The van der Waals surface area contributed by atoms with Crippen LogP contribution in [-0.2, 0) is 14.8 Å². The number of anilines is 1. The van der Waals surface area contributed by atoms with Gasteiger partial charge in [0, 0.05) is 25.6 Å². The Labute approximate surface area is 175 Å². The number of nitrogens with zero attached hydrogens (tertiary/aromatic N) is 1. The lowest BCUT2D eigenvalue weighted by molar-refractivity contribution is -0.121. The fraction of sp³-hybridized carbons (Fsp3) is 0.667. The van der Waals surface area contributed by atoms with Gasteiger partial charge in [-0.2, -0.15) is 0 Å². The van der Waals surface area contributed by atoms with Crippen LogP contribution in [0.5, 0.6) is 11.5 Å². The zero-order valence-corrected chi connectivity index (χ0v) is 19.2.